The molecule has 1 heterocycles. The van der Waals surface area contributed by atoms with Crippen molar-refractivity contribution < 1.29 is 9.60 Å². The van der Waals surface area contributed by atoms with Gasteiger partial charge in [-0.15, -0.1) is 0 Å². The lowest BCUT2D eigenvalue weighted by molar-refractivity contribution is 0.237. The van der Waals surface area contributed by atoms with Crippen LogP contribution in [-0.2, 0) is 6.54 Å². The molecule has 0 amide bonds. The Bertz CT molecular complexity index is 468. The zero-order chi connectivity index (χ0) is 14.4. The van der Waals surface area contributed by atoms with Crippen molar-refractivity contribution in [2.24, 2.45) is 10.9 Å². The van der Waals surface area contributed by atoms with Crippen LogP contribution in [0.5, 0.6) is 0 Å². The predicted octanol–water partition coefficient (Wildman–Crippen LogP) is 2.69. The molecule has 0 aromatic heterocycles. The lowest BCUT2D eigenvalue weighted by atomic mass is 10.1. The molecule has 0 unspecified atom stereocenters. The molecule has 20 heavy (non-hydrogen) atoms. The number of likely N-dealkylation sites (tertiary alicyclic amines) is 1. The molecule has 5 heteroatoms. The van der Waals surface area contributed by atoms with Gasteiger partial charge in [0.1, 0.15) is 5.82 Å². The van der Waals surface area contributed by atoms with Crippen LogP contribution in [0, 0.1) is 5.82 Å². The number of halogens is 1. The molecule has 4 nitrogen and oxygen atoms in total. The first kappa shape index (κ1) is 14.8. The van der Waals surface area contributed by atoms with E-state index in [1.165, 1.54) is 38.2 Å². The molecule has 110 valence electrons. The molecule has 0 atom stereocenters. The highest BCUT2D eigenvalue weighted by atomic mass is 19.1. The van der Waals surface area contributed by atoms with Crippen LogP contribution in [0.2, 0.25) is 0 Å². The van der Waals surface area contributed by atoms with Crippen molar-refractivity contribution in [1.82, 2.24) is 4.90 Å². The van der Waals surface area contributed by atoms with E-state index >= 15 is 0 Å². The molecule has 1 fully saturated rings. The molecule has 0 bridgehead atoms. The molecule has 0 radical (unpaired) electrons. The Kier molecular flexibility index (Phi) is 5.35. The maximum Gasteiger partial charge on any atom is 0.173 e. The van der Waals surface area contributed by atoms with Crippen molar-refractivity contribution in [1.29, 1.82) is 0 Å². The smallest absolute Gasteiger partial charge is 0.173 e. The fourth-order valence-electron chi connectivity index (χ4n) is 2.67. The fourth-order valence-corrected chi connectivity index (χ4v) is 2.67. The van der Waals surface area contributed by atoms with Crippen molar-refractivity contribution in [2.45, 2.75) is 38.6 Å². The summed E-state index contributed by atoms with van der Waals surface area (Å²) in [5.74, 6) is -0.568. The van der Waals surface area contributed by atoms with Gasteiger partial charge in [-0.2, -0.15) is 0 Å². The third-order valence-corrected chi connectivity index (χ3v) is 3.81. The van der Waals surface area contributed by atoms with Crippen LogP contribution in [0.25, 0.3) is 0 Å². The minimum absolute atomic E-state index is 0.164. The largest absolute Gasteiger partial charge is 0.409 e. The molecule has 1 aromatic carbocycles. The zero-order valence-corrected chi connectivity index (χ0v) is 11.7. The van der Waals surface area contributed by atoms with Crippen LogP contribution in [0.3, 0.4) is 0 Å². The second-order valence-corrected chi connectivity index (χ2v) is 5.31. The van der Waals surface area contributed by atoms with Crippen molar-refractivity contribution >= 4 is 5.84 Å². The summed E-state index contributed by atoms with van der Waals surface area (Å²) in [4.78, 5) is 2.29. The second kappa shape index (κ2) is 7.24. The van der Waals surface area contributed by atoms with Crippen LogP contribution < -0.4 is 5.73 Å². The SMILES string of the molecule is N/C(=N/O)c1cccc(CN2CCCCCCC2)c1F. The predicted molar refractivity (Wildman–Crippen MR) is 77.3 cm³/mol. The quantitative estimate of drug-likeness (QED) is 0.387. The van der Waals surface area contributed by atoms with Gasteiger partial charge in [-0.1, -0.05) is 36.6 Å². The van der Waals surface area contributed by atoms with E-state index in [1.807, 2.05) is 0 Å². The van der Waals surface area contributed by atoms with E-state index in [9.17, 15) is 4.39 Å². The Morgan fingerprint density at radius 2 is 1.85 bits per heavy atom. The molecule has 2 rings (SSSR count). The van der Waals surface area contributed by atoms with E-state index in [0.717, 1.165) is 13.1 Å². The maximum atomic E-state index is 14.3. The first-order valence-corrected chi connectivity index (χ1v) is 7.20. The lowest BCUT2D eigenvalue weighted by Gasteiger charge is -2.24. The minimum Gasteiger partial charge on any atom is -0.409 e. The highest BCUT2D eigenvalue weighted by molar-refractivity contribution is 5.97. The molecule has 0 aliphatic carbocycles. The van der Waals surface area contributed by atoms with Crippen LogP contribution >= 0.6 is 0 Å². The van der Waals surface area contributed by atoms with Crippen LogP contribution in [0.15, 0.2) is 23.4 Å². The van der Waals surface area contributed by atoms with Gasteiger partial charge < -0.3 is 10.9 Å². The number of oxime groups is 1. The molecule has 0 spiro atoms. The van der Waals surface area contributed by atoms with Crippen molar-refractivity contribution in [3.8, 4) is 0 Å². The van der Waals surface area contributed by atoms with Gasteiger partial charge in [0.2, 0.25) is 0 Å². The lowest BCUT2D eigenvalue weighted by Crippen LogP contribution is -2.27. The average Bonchev–Trinajstić information content (AvgIpc) is 2.43. The molecular weight excluding hydrogens is 257 g/mol. The molecular formula is C15H22FN3O. The third-order valence-electron chi connectivity index (χ3n) is 3.81. The first-order chi connectivity index (χ1) is 9.72. The summed E-state index contributed by atoms with van der Waals surface area (Å²) in [6.07, 6.45) is 6.15. The van der Waals surface area contributed by atoms with E-state index in [2.05, 4.69) is 10.1 Å². The Morgan fingerprint density at radius 1 is 1.20 bits per heavy atom. The van der Waals surface area contributed by atoms with Gasteiger partial charge in [-0.05, 0) is 32.0 Å². The van der Waals surface area contributed by atoms with Crippen molar-refractivity contribution in [3.63, 3.8) is 0 Å². The van der Waals surface area contributed by atoms with Gasteiger partial charge in [0.15, 0.2) is 5.84 Å². The van der Waals surface area contributed by atoms with E-state index in [0.29, 0.717) is 12.1 Å². The monoisotopic (exact) mass is 279 g/mol. The Labute approximate surface area is 119 Å². The number of benzene rings is 1. The number of nitrogens with zero attached hydrogens (tertiary/aromatic N) is 2. The van der Waals surface area contributed by atoms with Gasteiger partial charge >= 0.3 is 0 Å². The fraction of sp³-hybridized carbons (Fsp3) is 0.533. The van der Waals surface area contributed by atoms with Crippen LogP contribution in [-0.4, -0.2) is 29.0 Å². The summed E-state index contributed by atoms with van der Waals surface area (Å²) in [6, 6.07) is 5.04. The number of hydrogen-bond donors (Lipinski definition) is 2. The number of nitrogens with two attached hydrogens (primary N) is 1. The van der Waals surface area contributed by atoms with Gasteiger partial charge in [0, 0.05) is 12.1 Å². The molecule has 1 aliphatic rings. The van der Waals surface area contributed by atoms with Crippen molar-refractivity contribution in [2.75, 3.05) is 13.1 Å². The molecule has 0 saturated carbocycles. The Morgan fingerprint density at radius 3 is 2.50 bits per heavy atom. The topological polar surface area (TPSA) is 61.9 Å². The van der Waals surface area contributed by atoms with E-state index < -0.39 is 0 Å². The second-order valence-electron chi connectivity index (χ2n) is 5.31. The highest BCUT2D eigenvalue weighted by Crippen LogP contribution is 2.17. The maximum absolute atomic E-state index is 14.3. The van der Waals surface area contributed by atoms with Gasteiger partial charge in [0.05, 0.1) is 5.56 Å². The molecule has 3 N–H and O–H groups in total. The van der Waals surface area contributed by atoms with Crippen LogP contribution in [0.1, 0.15) is 43.2 Å². The Hall–Kier alpha value is -1.62. The zero-order valence-electron chi connectivity index (χ0n) is 11.7. The van der Waals surface area contributed by atoms with Crippen molar-refractivity contribution in [3.05, 3.63) is 35.1 Å². The van der Waals surface area contributed by atoms with E-state index in [-0.39, 0.29) is 17.2 Å². The summed E-state index contributed by atoms with van der Waals surface area (Å²) in [7, 11) is 0. The highest BCUT2D eigenvalue weighted by Gasteiger charge is 2.15. The number of amidine groups is 1. The van der Waals surface area contributed by atoms with Gasteiger partial charge in [-0.3, -0.25) is 4.90 Å². The number of rotatable bonds is 3. The summed E-state index contributed by atoms with van der Waals surface area (Å²) in [5.41, 5.74) is 6.26. The summed E-state index contributed by atoms with van der Waals surface area (Å²) in [6.45, 7) is 2.60. The minimum atomic E-state index is -0.384. The summed E-state index contributed by atoms with van der Waals surface area (Å²) >= 11 is 0. The normalized spacial score (nSPS) is 18.6. The Balaban J connectivity index is 2.12. The standard InChI is InChI=1S/C15H22FN3O/c16-14-12(7-6-8-13(14)15(17)18-20)11-19-9-4-2-1-3-5-10-19/h6-8,20H,1-5,9-11H2,(H2,17,18). The first-order valence-electron chi connectivity index (χ1n) is 7.20. The van der Waals surface area contributed by atoms with E-state index in [1.54, 1.807) is 12.1 Å². The van der Waals surface area contributed by atoms with Crippen LogP contribution in [0.4, 0.5) is 4.39 Å². The van der Waals surface area contributed by atoms with Gasteiger partial charge in [0.25, 0.3) is 0 Å². The average molecular weight is 279 g/mol. The molecule has 1 aliphatic heterocycles. The molecule has 1 saturated heterocycles. The summed E-state index contributed by atoms with van der Waals surface area (Å²) in [5, 5.41) is 11.6. The third kappa shape index (κ3) is 3.70. The number of hydrogen-bond acceptors (Lipinski definition) is 3. The van der Waals surface area contributed by atoms with Gasteiger partial charge in [-0.25, -0.2) is 4.39 Å². The summed E-state index contributed by atoms with van der Waals surface area (Å²) < 4.78 is 14.3. The molecule has 1 aromatic rings. The van der Waals surface area contributed by atoms with E-state index in [4.69, 9.17) is 10.9 Å².